The van der Waals surface area contributed by atoms with Crippen molar-refractivity contribution in [3.63, 3.8) is 0 Å². The molecule has 0 unspecified atom stereocenters. The van der Waals surface area contributed by atoms with Gasteiger partial charge in [-0.05, 0) is 43.5 Å². The Morgan fingerprint density at radius 2 is 1.86 bits per heavy atom. The summed E-state index contributed by atoms with van der Waals surface area (Å²) in [4.78, 5) is 28.0. The van der Waals surface area contributed by atoms with Crippen molar-refractivity contribution in [2.45, 2.75) is 45.1 Å². The molecule has 182 valence electrons. The normalized spacial score (nSPS) is 15.7. The lowest BCUT2D eigenvalue weighted by molar-refractivity contribution is -0.138. The lowest BCUT2D eigenvalue weighted by atomic mass is 10.0. The van der Waals surface area contributed by atoms with E-state index in [4.69, 9.17) is 9.47 Å². The monoisotopic (exact) mass is 492 g/mol. The molecule has 1 N–H and O–H groups in total. The standard InChI is InChI=1S/C26H28N4O4S/c1-17(18-7-3-2-4-8-18)30(25(32)19-9-5-6-10-19)14-13-23(31)27-26-29-28-24(35-26)20-11-12-21-22(15-20)34-16-33-21/h2-4,7-8,11-12,15,17,19H,5-6,9-10,13-14,16H2,1H3,(H,27,29,31)/t17-/m1/s1. The van der Waals surface area contributed by atoms with Gasteiger partial charge in [0.1, 0.15) is 5.01 Å². The summed E-state index contributed by atoms with van der Waals surface area (Å²) in [6.07, 6.45) is 4.22. The van der Waals surface area contributed by atoms with E-state index in [1.54, 1.807) is 0 Å². The van der Waals surface area contributed by atoms with E-state index in [-0.39, 0.29) is 37.0 Å². The number of nitrogens with one attached hydrogen (secondary N) is 1. The average molecular weight is 493 g/mol. The summed E-state index contributed by atoms with van der Waals surface area (Å²) in [5, 5.41) is 12.3. The van der Waals surface area contributed by atoms with Crippen LogP contribution in [0.2, 0.25) is 0 Å². The van der Waals surface area contributed by atoms with Gasteiger partial charge >= 0.3 is 0 Å². The summed E-state index contributed by atoms with van der Waals surface area (Å²) in [7, 11) is 0. The maximum Gasteiger partial charge on any atom is 0.231 e. The molecule has 9 heteroatoms. The van der Waals surface area contributed by atoms with Crippen LogP contribution in [0.3, 0.4) is 0 Å². The number of hydrogen-bond donors (Lipinski definition) is 1. The van der Waals surface area contributed by atoms with Crippen LogP contribution in [-0.4, -0.2) is 40.2 Å². The first-order valence-electron chi connectivity index (χ1n) is 12.0. The van der Waals surface area contributed by atoms with Crippen molar-refractivity contribution in [3.05, 3.63) is 54.1 Å². The topological polar surface area (TPSA) is 93.7 Å². The number of fused-ring (bicyclic) bond motifs is 1. The number of carbonyl (C=O) groups excluding carboxylic acids is 2. The van der Waals surface area contributed by atoms with E-state index in [1.165, 1.54) is 11.3 Å². The summed E-state index contributed by atoms with van der Waals surface area (Å²) >= 11 is 1.29. The van der Waals surface area contributed by atoms with Gasteiger partial charge in [0.15, 0.2) is 11.5 Å². The fourth-order valence-corrected chi connectivity index (χ4v) is 5.39. The number of amides is 2. The first kappa shape index (κ1) is 23.3. The Morgan fingerprint density at radius 3 is 2.66 bits per heavy atom. The molecule has 0 radical (unpaired) electrons. The largest absolute Gasteiger partial charge is 0.454 e. The molecule has 1 aliphatic heterocycles. The van der Waals surface area contributed by atoms with Crippen LogP contribution < -0.4 is 14.8 Å². The van der Waals surface area contributed by atoms with Gasteiger partial charge < -0.3 is 19.7 Å². The van der Waals surface area contributed by atoms with Crippen molar-refractivity contribution < 1.29 is 19.1 Å². The highest BCUT2D eigenvalue weighted by Gasteiger charge is 2.30. The Hall–Kier alpha value is -3.46. The third-order valence-corrected chi connectivity index (χ3v) is 7.50. The summed E-state index contributed by atoms with van der Waals surface area (Å²) in [5.41, 5.74) is 1.91. The minimum absolute atomic E-state index is 0.0524. The third kappa shape index (κ3) is 5.30. The van der Waals surface area contributed by atoms with Crippen molar-refractivity contribution in [2.24, 2.45) is 5.92 Å². The molecule has 2 aliphatic rings. The van der Waals surface area contributed by atoms with E-state index in [9.17, 15) is 9.59 Å². The number of carbonyl (C=O) groups is 2. The van der Waals surface area contributed by atoms with Crippen molar-refractivity contribution in [1.29, 1.82) is 0 Å². The molecular weight excluding hydrogens is 464 g/mol. The molecule has 1 atom stereocenters. The number of benzene rings is 2. The number of nitrogens with zero attached hydrogens (tertiary/aromatic N) is 3. The second-order valence-electron chi connectivity index (χ2n) is 8.88. The Bertz CT molecular complexity index is 1190. The summed E-state index contributed by atoms with van der Waals surface area (Å²) in [6, 6.07) is 15.4. The predicted molar refractivity (Wildman–Crippen MR) is 133 cm³/mol. The van der Waals surface area contributed by atoms with Crippen LogP contribution in [0.15, 0.2) is 48.5 Å². The van der Waals surface area contributed by atoms with Crippen LogP contribution in [0.25, 0.3) is 10.6 Å². The Labute approximate surface area is 208 Å². The number of rotatable bonds is 8. The number of hydrogen-bond acceptors (Lipinski definition) is 7. The van der Waals surface area contributed by atoms with E-state index in [1.807, 2.05) is 60.4 Å². The van der Waals surface area contributed by atoms with Gasteiger partial charge in [0.2, 0.25) is 23.7 Å². The van der Waals surface area contributed by atoms with Crippen molar-refractivity contribution in [2.75, 3.05) is 18.7 Å². The molecule has 1 aliphatic carbocycles. The zero-order valence-corrected chi connectivity index (χ0v) is 20.4. The lowest BCUT2D eigenvalue weighted by Crippen LogP contribution is -2.39. The van der Waals surface area contributed by atoms with Gasteiger partial charge in [-0.3, -0.25) is 9.59 Å². The number of anilines is 1. The highest BCUT2D eigenvalue weighted by Crippen LogP contribution is 2.37. The molecular formula is C26H28N4O4S. The molecule has 0 bridgehead atoms. The minimum atomic E-state index is -0.192. The Kier molecular flexibility index (Phi) is 6.94. The van der Waals surface area contributed by atoms with E-state index in [2.05, 4.69) is 15.5 Å². The zero-order chi connectivity index (χ0) is 24.2. The van der Waals surface area contributed by atoms with Gasteiger partial charge in [-0.25, -0.2) is 0 Å². The molecule has 2 heterocycles. The third-order valence-electron chi connectivity index (χ3n) is 6.61. The van der Waals surface area contributed by atoms with Crippen LogP contribution in [-0.2, 0) is 9.59 Å². The van der Waals surface area contributed by atoms with Crippen LogP contribution in [0.4, 0.5) is 5.13 Å². The highest BCUT2D eigenvalue weighted by molar-refractivity contribution is 7.18. The van der Waals surface area contributed by atoms with Gasteiger partial charge in [-0.15, -0.1) is 10.2 Å². The molecule has 35 heavy (non-hydrogen) atoms. The molecule has 0 saturated heterocycles. The minimum Gasteiger partial charge on any atom is -0.454 e. The fraction of sp³-hybridized carbons (Fsp3) is 0.385. The fourth-order valence-electron chi connectivity index (χ4n) is 4.64. The molecule has 1 fully saturated rings. The van der Waals surface area contributed by atoms with E-state index in [0.717, 1.165) is 36.8 Å². The zero-order valence-electron chi connectivity index (χ0n) is 19.6. The predicted octanol–water partition coefficient (Wildman–Crippen LogP) is 5.04. The first-order valence-corrected chi connectivity index (χ1v) is 12.8. The van der Waals surface area contributed by atoms with Crippen LogP contribution in [0.5, 0.6) is 11.5 Å². The molecule has 1 aromatic heterocycles. The van der Waals surface area contributed by atoms with Crippen molar-refractivity contribution in [3.8, 4) is 22.1 Å². The van der Waals surface area contributed by atoms with Gasteiger partial charge in [0.05, 0.1) is 6.04 Å². The van der Waals surface area contributed by atoms with Crippen molar-refractivity contribution in [1.82, 2.24) is 15.1 Å². The van der Waals surface area contributed by atoms with E-state index >= 15 is 0 Å². The van der Waals surface area contributed by atoms with Crippen LogP contribution >= 0.6 is 11.3 Å². The average Bonchev–Trinajstić information content (AvgIpc) is 3.66. The second kappa shape index (κ2) is 10.4. The van der Waals surface area contributed by atoms with Gasteiger partial charge in [0, 0.05) is 24.4 Å². The molecule has 5 rings (SSSR count). The molecule has 1 saturated carbocycles. The van der Waals surface area contributed by atoms with Crippen LogP contribution in [0, 0.1) is 5.92 Å². The number of aromatic nitrogens is 2. The Balaban J connectivity index is 1.23. The molecule has 0 spiro atoms. The summed E-state index contributed by atoms with van der Waals surface area (Å²) < 4.78 is 10.8. The lowest BCUT2D eigenvalue weighted by Gasteiger charge is -2.32. The van der Waals surface area contributed by atoms with E-state index < -0.39 is 0 Å². The maximum absolute atomic E-state index is 13.3. The Morgan fingerprint density at radius 1 is 1.09 bits per heavy atom. The summed E-state index contributed by atoms with van der Waals surface area (Å²) in [6.45, 7) is 2.59. The maximum atomic E-state index is 13.3. The van der Waals surface area contributed by atoms with Gasteiger partial charge in [0.25, 0.3) is 0 Å². The van der Waals surface area contributed by atoms with Crippen molar-refractivity contribution >= 4 is 28.3 Å². The molecule has 2 amide bonds. The van der Waals surface area contributed by atoms with Gasteiger partial charge in [-0.2, -0.15) is 0 Å². The van der Waals surface area contributed by atoms with Gasteiger partial charge in [-0.1, -0.05) is 54.5 Å². The second-order valence-corrected chi connectivity index (χ2v) is 9.86. The van der Waals surface area contributed by atoms with Crippen LogP contribution in [0.1, 0.15) is 50.6 Å². The molecule has 2 aromatic carbocycles. The first-order chi connectivity index (χ1) is 17.1. The summed E-state index contributed by atoms with van der Waals surface area (Å²) in [5.74, 6) is 1.38. The molecule has 3 aromatic rings. The highest BCUT2D eigenvalue weighted by atomic mass is 32.1. The molecule has 8 nitrogen and oxygen atoms in total. The smallest absolute Gasteiger partial charge is 0.231 e. The number of ether oxygens (including phenoxy) is 2. The quantitative estimate of drug-likeness (QED) is 0.473. The van der Waals surface area contributed by atoms with E-state index in [0.29, 0.717) is 28.2 Å². The SMILES string of the molecule is C[C@H](c1ccccc1)N(CCC(=O)Nc1nnc(-c2ccc3c(c2)OCO3)s1)C(=O)C1CCCC1.